The van der Waals surface area contributed by atoms with Crippen LogP contribution in [-0.2, 0) is 17.8 Å². The van der Waals surface area contributed by atoms with Crippen molar-refractivity contribution in [2.75, 3.05) is 25.0 Å². The first-order chi connectivity index (χ1) is 14.4. The number of aliphatic hydroxyl groups excluding tert-OH is 1. The van der Waals surface area contributed by atoms with Gasteiger partial charge in [0.15, 0.2) is 0 Å². The summed E-state index contributed by atoms with van der Waals surface area (Å²) < 4.78 is 19.2. The number of carbonyl (C=O) groups is 1. The van der Waals surface area contributed by atoms with E-state index < -0.39 is 11.9 Å². The van der Waals surface area contributed by atoms with E-state index in [0.29, 0.717) is 23.8 Å². The number of H-pyrrole nitrogens is 1. The van der Waals surface area contributed by atoms with Gasteiger partial charge < -0.3 is 20.1 Å². The number of anilines is 1. The van der Waals surface area contributed by atoms with Gasteiger partial charge in [-0.1, -0.05) is 11.6 Å². The number of halogens is 2. The predicted molar refractivity (Wildman–Crippen MR) is 114 cm³/mol. The third-order valence-corrected chi connectivity index (χ3v) is 5.41. The average molecular weight is 432 g/mol. The number of ether oxygens (including phenoxy) is 1. The summed E-state index contributed by atoms with van der Waals surface area (Å²) in [6, 6.07) is 9.69. The van der Waals surface area contributed by atoms with Gasteiger partial charge in [-0.05, 0) is 35.9 Å². The van der Waals surface area contributed by atoms with Crippen LogP contribution in [0.3, 0.4) is 0 Å². The van der Waals surface area contributed by atoms with Gasteiger partial charge in [0.05, 0.1) is 5.69 Å². The number of aromatic amines is 1. The lowest BCUT2D eigenvalue weighted by Gasteiger charge is -2.29. The van der Waals surface area contributed by atoms with Crippen LogP contribution in [0.15, 0.2) is 36.4 Å². The maximum atomic E-state index is 13.6. The van der Waals surface area contributed by atoms with Gasteiger partial charge in [0.2, 0.25) is 5.91 Å². The molecule has 0 saturated heterocycles. The van der Waals surface area contributed by atoms with E-state index in [9.17, 15) is 14.3 Å². The second-order valence-electron chi connectivity index (χ2n) is 7.54. The molecule has 1 aliphatic rings. The van der Waals surface area contributed by atoms with Crippen molar-refractivity contribution in [1.82, 2.24) is 9.88 Å². The molecule has 0 saturated carbocycles. The summed E-state index contributed by atoms with van der Waals surface area (Å²) in [5.41, 5.74) is 3.83. The summed E-state index contributed by atoms with van der Waals surface area (Å²) in [5, 5.41) is 14.9. The van der Waals surface area contributed by atoms with Crippen molar-refractivity contribution in [3.63, 3.8) is 0 Å². The molecule has 8 heteroatoms. The summed E-state index contributed by atoms with van der Waals surface area (Å²) in [6.45, 7) is 3.27. The second kappa shape index (κ2) is 8.63. The Balaban J connectivity index is 1.39. The topological polar surface area (TPSA) is 77.6 Å². The van der Waals surface area contributed by atoms with Gasteiger partial charge in [-0.25, -0.2) is 4.39 Å². The van der Waals surface area contributed by atoms with Crippen molar-refractivity contribution in [2.24, 2.45) is 0 Å². The molecule has 1 aliphatic heterocycles. The summed E-state index contributed by atoms with van der Waals surface area (Å²) in [7, 11) is 0. The molecule has 1 aromatic heterocycles. The minimum atomic E-state index is -0.770. The molecule has 0 spiro atoms. The monoisotopic (exact) mass is 431 g/mol. The number of nitrogens with one attached hydrogen (secondary N) is 2. The lowest BCUT2D eigenvalue weighted by Crippen LogP contribution is -2.38. The summed E-state index contributed by atoms with van der Waals surface area (Å²) >= 11 is 6.16. The van der Waals surface area contributed by atoms with Crippen molar-refractivity contribution in [3.8, 4) is 5.75 Å². The molecular formula is C22H23ClFN3O3. The smallest absolute Gasteiger partial charge is 0.221 e. The van der Waals surface area contributed by atoms with Gasteiger partial charge in [0.1, 0.15) is 24.3 Å². The van der Waals surface area contributed by atoms with Gasteiger partial charge in [-0.3, -0.25) is 9.69 Å². The van der Waals surface area contributed by atoms with Gasteiger partial charge in [-0.15, -0.1) is 0 Å². The Morgan fingerprint density at radius 2 is 2.20 bits per heavy atom. The maximum Gasteiger partial charge on any atom is 0.221 e. The van der Waals surface area contributed by atoms with E-state index in [0.717, 1.165) is 23.9 Å². The minimum Gasteiger partial charge on any atom is -0.489 e. The zero-order valence-electron chi connectivity index (χ0n) is 16.5. The van der Waals surface area contributed by atoms with Crippen LogP contribution in [0.1, 0.15) is 18.2 Å². The van der Waals surface area contributed by atoms with E-state index in [1.807, 2.05) is 18.2 Å². The number of hydrogen-bond acceptors (Lipinski definition) is 4. The van der Waals surface area contributed by atoms with Crippen molar-refractivity contribution in [1.29, 1.82) is 0 Å². The fourth-order valence-electron chi connectivity index (χ4n) is 3.84. The van der Waals surface area contributed by atoms with Crippen LogP contribution in [0.4, 0.5) is 10.1 Å². The number of carbonyl (C=O) groups excluding carboxylic acids is 1. The number of β-amino-alcohol motifs (C(OH)–C–C–N with tert-alkyl or cyclic N) is 1. The second-order valence-corrected chi connectivity index (χ2v) is 7.98. The van der Waals surface area contributed by atoms with Crippen molar-refractivity contribution in [2.45, 2.75) is 26.0 Å². The molecule has 6 nitrogen and oxygen atoms in total. The highest BCUT2D eigenvalue weighted by molar-refractivity contribution is 6.31. The number of nitrogens with zero attached hydrogens (tertiary/aromatic N) is 1. The van der Waals surface area contributed by atoms with E-state index in [4.69, 9.17) is 16.3 Å². The summed E-state index contributed by atoms with van der Waals surface area (Å²) in [5.74, 6) is -0.568. The zero-order valence-corrected chi connectivity index (χ0v) is 17.3. The third kappa shape index (κ3) is 4.59. The Labute approximate surface area is 178 Å². The molecule has 158 valence electrons. The predicted octanol–water partition coefficient (Wildman–Crippen LogP) is 3.72. The molecule has 1 amide bonds. The number of amides is 1. The third-order valence-electron chi connectivity index (χ3n) is 5.17. The number of hydrogen-bond donors (Lipinski definition) is 3. The molecule has 3 aromatic rings. The van der Waals surface area contributed by atoms with Gasteiger partial charge in [0, 0.05) is 60.7 Å². The van der Waals surface area contributed by atoms with E-state index in [2.05, 4.69) is 15.2 Å². The molecule has 30 heavy (non-hydrogen) atoms. The highest BCUT2D eigenvalue weighted by atomic mass is 35.5. The van der Waals surface area contributed by atoms with E-state index in [-0.39, 0.29) is 18.3 Å². The van der Waals surface area contributed by atoms with Crippen LogP contribution in [0, 0.1) is 5.82 Å². The Kier molecular flexibility index (Phi) is 5.94. The highest BCUT2D eigenvalue weighted by Crippen LogP contribution is 2.30. The summed E-state index contributed by atoms with van der Waals surface area (Å²) in [4.78, 5) is 16.9. The minimum absolute atomic E-state index is 0.0148. The molecule has 2 aromatic carbocycles. The van der Waals surface area contributed by atoms with Crippen molar-refractivity contribution >= 4 is 34.1 Å². The molecule has 0 radical (unpaired) electrons. The molecular weight excluding hydrogens is 409 g/mol. The van der Waals surface area contributed by atoms with E-state index in [1.165, 1.54) is 36.4 Å². The van der Waals surface area contributed by atoms with Crippen LogP contribution in [0.5, 0.6) is 5.75 Å². The standard InChI is InChI=1S/C22H23ClFN3O3/c1-13(28)25-21-5-3-15(24)9-22(21)30-12-16(29)10-27-7-6-20-18(11-27)17-8-14(23)2-4-19(17)26-20/h2-5,8-9,16,26,29H,6-7,10-12H2,1H3,(H,25,28). The molecule has 0 fully saturated rings. The molecule has 1 atom stereocenters. The van der Waals surface area contributed by atoms with Crippen LogP contribution >= 0.6 is 11.6 Å². The van der Waals surface area contributed by atoms with E-state index >= 15 is 0 Å². The first-order valence-electron chi connectivity index (χ1n) is 9.78. The average Bonchev–Trinajstić information content (AvgIpc) is 3.05. The lowest BCUT2D eigenvalue weighted by atomic mass is 10.0. The Bertz CT molecular complexity index is 1080. The maximum absolute atomic E-state index is 13.6. The number of benzene rings is 2. The SMILES string of the molecule is CC(=O)Nc1ccc(F)cc1OCC(O)CN1CCc2[nH]c3ccc(Cl)cc3c2C1. The number of fused-ring (bicyclic) bond motifs is 3. The zero-order chi connectivity index (χ0) is 21.3. The van der Waals surface area contributed by atoms with Crippen LogP contribution < -0.4 is 10.1 Å². The van der Waals surface area contributed by atoms with E-state index in [1.54, 1.807) is 0 Å². The van der Waals surface area contributed by atoms with Gasteiger partial charge in [-0.2, -0.15) is 0 Å². The van der Waals surface area contributed by atoms with Gasteiger partial charge >= 0.3 is 0 Å². The normalized spacial score (nSPS) is 15.1. The van der Waals surface area contributed by atoms with Crippen LogP contribution in [0.25, 0.3) is 10.9 Å². The Morgan fingerprint density at radius 3 is 3.00 bits per heavy atom. The number of aliphatic hydroxyl groups is 1. The fraction of sp³-hybridized carbons (Fsp3) is 0.318. The largest absolute Gasteiger partial charge is 0.489 e. The Morgan fingerprint density at radius 1 is 1.37 bits per heavy atom. The molecule has 0 aliphatic carbocycles. The molecule has 0 bridgehead atoms. The molecule has 2 heterocycles. The molecule has 4 rings (SSSR count). The number of aromatic nitrogens is 1. The summed E-state index contributed by atoms with van der Waals surface area (Å²) in [6.07, 6.45) is 0.0833. The lowest BCUT2D eigenvalue weighted by molar-refractivity contribution is -0.114. The molecule has 3 N–H and O–H groups in total. The van der Waals surface area contributed by atoms with Crippen LogP contribution in [-0.4, -0.2) is 46.7 Å². The van der Waals surface area contributed by atoms with Crippen molar-refractivity contribution in [3.05, 3.63) is 58.5 Å². The van der Waals surface area contributed by atoms with Gasteiger partial charge in [0.25, 0.3) is 0 Å². The fourth-order valence-corrected chi connectivity index (χ4v) is 4.02. The first-order valence-corrected chi connectivity index (χ1v) is 10.2. The van der Waals surface area contributed by atoms with Crippen LogP contribution in [0.2, 0.25) is 5.02 Å². The highest BCUT2D eigenvalue weighted by Gasteiger charge is 2.23. The molecule has 1 unspecified atom stereocenters. The quantitative estimate of drug-likeness (QED) is 0.556. The first kappa shape index (κ1) is 20.7. The Hall–Kier alpha value is -2.61. The number of rotatable bonds is 6. The van der Waals surface area contributed by atoms with Crippen molar-refractivity contribution < 1.29 is 19.0 Å².